The lowest BCUT2D eigenvalue weighted by atomic mass is 10.1. The van der Waals surface area contributed by atoms with E-state index < -0.39 is 23.8 Å². The summed E-state index contributed by atoms with van der Waals surface area (Å²) in [6.07, 6.45) is 2.10. The van der Waals surface area contributed by atoms with Crippen LogP contribution < -0.4 is 22.1 Å². The van der Waals surface area contributed by atoms with Crippen molar-refractivity contribution in [1.29, 1.82) is 0 Å². The molecule has 3 rings (SSSR count). The van der Waals surface area contributed by atoms with E-state index in [9.17, 15) is 24.0 Å². The number of unbranched alkanes of at least 4 members (excludes halogenated alkanes) is 1. The minimum Gasteiger partial charge on any atom is -0.445 e. The minimum atomic E-state index is -0.851. The number of nitrogens with one attached hydrogen (secondary N) is 2. The summed E-state index contributed by atoms with van der Waals surface area (Å²) in [4.78, 5) is 78.2. The van der Waals surface area contributed by atoms with Gasteiger partial charge in [0.15, 0.2) is 0 Å². The zero-order valence-electron chi connectivity index (χ0n) is 30.1. The van der Waals surface area contributed by atoms with Crippen LogP contribution in [0.4, 0.5) is 4.79 Å². The maximum absolute atomic E-state index is 14.0. The van der Waals surface area contributed by atoms with Crippen LogP contribution in [-0.4, -0.2) is 96.5 Å². The molecule has 0 aromatic heterocycles. The fourth-order valence-electron chi connectivity index (χ4n) is 5.36. The number of carbonyl (C=O) groups excluding carboxylic acids is 5. The first kappa shape index (κ1) is 41.1. The molecule has 1 heterocycles. The van der Waals surface area contributed by atoms with Crippen LogP contribution in [0.15, 0.2) is 54.6 Å². The number of rotatable bonds is 22. The highest BCUT2D eigenvalue weighted by molar-refractivity contribution is 6.21. The first-order valence-corrected chi connectivity index (χ1v) is 17.6. The van der Waals surface area contributed by atoms with Gasteiger partial charge in [0, 0.05) is 38.6 Å². The molecule has 0 spiro atoms. The third-order valence-electron chi connectivity index (χ3n) is 8.00. The number of carbonyl (C=O) groups is 5. The fourth-order valence-corrected chi connectivity index (χ4v) is 5.36. The topological polar surface area (TPSA) is 196 Å². The maximum Gasteiger partial charge on any atom is 0.407 e. The van der Waals surface area contributed by atoms with E-state index in [1.54, 1.807) is 29.2 Å². The molecular formula is C37H54N6O8. The molecule has 280 valence electrons. The van der Waals surface area contributed by atoms with Gasteiger partial charge in [0.2, 0.25) is 11.8 Å². The molecule has 1 unspecified atom stereocenters. The van der Waals surface area contributed by atoms with Crippen LogP contribution >= 0.6 is 0 Å². The first-order valence-electron chi connectivity index (χ1n) is 17.6. The van der Waals surface area contributed by atoms with Crippen LogP contribution in [0.3, 0.4) is 0 Å². The van der Waals surface area contributed by atoms with E-state index in [4.69, 9.17) is 26.0 Å². The van der Waals surface area contributed by atoms with Gasteiger partial charge in [-0.25, -0.2) is 14.6 Å². The number of hydrogen-bond donors (Lipinski definition) is 4. The third kappa shape index (κ3) is 14.4. The number of fused-ring (bicyclic) bond motifs is 1. The Bertz CT molecular complexity index is 1400. The lowest BCUT2D eigenvalue weighted by Gasteiger charge is -2.29. The van der Waals surface area contributed by atoms with E-state index in [0.29, 0.717) is 69.3 Å². The fraction of sp³-hybridized carbons (Fsp3) is 0.541. The predicted molar refractivity (Wildman–Crippen MR) is 191 cm³/mol. The van der Waals surface area contributed by atoms with Crippen LogP contribution in [0.25, 0.3) is 0 Å². The average molecular weight is 711 g/mol. The number of alkyl carbamates (subject to hydrolysis) is 1. The molecule has 0 fully saturated rings. The Morgan fingerprint density at radius 3 is 2.18 bits per heavy atom. The molecule has 2 aromatic rings. The Morgan fingerprint density at radius 1 is 0.882 bits per heavy atom. The van der Waals surface area contributed by atoms with Crippen molar-refractivity contribution in [3.63, 3.8) is 0 Å². The highest BCUT2D eigenvalue weighted by atomic mass is 17.2. The Balaban J connectivity index is 1.56. The molecule has 0 radical (unpaired) electrons. The van der Waals surface area contributed by atoms with Crippen LogP contribution in [0.1, 0.15) is 92.0 Å². The lowest BCUT2D eigenvalue weighted by molar-refractivity contribution is -0.350. The van der Waals surface area contributed by atoms with Gasteiger partial charge in [-0.3, -0.25) is 24.1 Å². The number of amides is 5. The van der Waals surface area contributed by atoms with Crippen LogP contribution in [0.5, 0.6) is 0 Å². The number of imide groups is 1. The van der Waals surface area contributed by atoms with Crippen molar-refractivity contribution in [1.82, 2.24) is 20.4 Å². The van der Waals surface area contributed by atoms with Crippen LogP contribution in [0, 0.1) is 0 Å². The summed E-state index contributed by atoms with van der Waals surface area (Å²) in [5, 5.41) is 5.61. The molecule has 1 aliphatic rings. The van der Waals surface area contributed by atoms with Gasteiger partial charge < -0.3 is 31.7 Å². The summed E-state index contributed by atoms with van der Waals surface area (Å²) in [7, 11) is 0. The summed E-state index contributed by atoms with van der Waals surface area (Å²) in [5.41, 5.74) is 13.0. The molecule has 14 nitrogen and oxygen atoms in total. The van der Waals surface area contributed by atoms with Gasteiger partial charge in [-0.1, -0.05) is 42.5 Å². The molecule has 14 heteroatoms. The average Bonchev–Trinajstić information content (AvgIpc) is 3.35. The van der Waals surface area contributed by atoms with Gasteiger partial charge in [0.1, 0.15) is 12.6 Å². The van der Waals surface area contributed by atoms with Gasteiger partial charge in [0.05, 0.1) is 23.3 Å². The van der Waals surface area contributed by atoms with Gasteiger partial charge in [-0.05, 0) is 83.5 Å². The second kappa shape index (κ2) is 21.1. The highest BCUT2D eigenvalue weighted by Gasteiger charge is 2.35. The molecule has 0 saturated heterocycles. The summed E-state index contributed by atoms with van der Waals surface area (Å²) in [6, 6.07) is 14.7. The Morgan fingerprint density at radius 2 is 1.53 bits per heavy atom. The van der Waals surface area contributed by atoms with Gasteiger partial charge >= 0.3 is 6.09 Å². The molecular weight excluding hydrogens is 656 g/mol. The van der Waals surface area contributed by atoms with E-state index in [0.717, 1.165) is 5.56 Å². The first-order chi connectivity index (χ1) is 24.4. The summed E-state index contributed by atoms with van der Waals surface area (Å²) >= 11 is 0. The Labute approximate surface area is 300 Å². The molecule has 0 aliphatic carbocycles. The van der Waals surface area contributed by atoms with Crippen molar-refractivity contribution in [3.05, 3.63) is 71.3 Å². The van der Waals surface area contributed by atoms with Gasteiger partial charge in [0.25, 0.3) is 11.8 Å². The molecule has 1 aliphatic heterocycles. The van der Waals surface area contributed by atoms with E-state index in [-0.39, 0.29) is 56.4 Å². The molecule has 2 atom stereocenters. The van der Waals surface area contributed by atoms with Crippen molar-refractivity contribution in [2.75, 3.05) is 39.3 Å². The maximum atomic E-state index is 14.0. The predicted octanol–water partition coefficient (Wildman–Crippen LogP) is 3.29. The van der Waals surface area contributed by atoms with Gasteiger partial charge in [-0.15, -0.1) is 0 Å². The SMILES string of the molecule is CC(C)(C)OOCC(N)CCC(=O)N[C@@H](CCCCNC(=O)OCc1ccccc1)C(=O)N(CCCN)CCCN1C(=O)c2ccccc2C1=O. The van der Waals surface area contributed by atoms with E-state index in [2.05, 4.69) is 10.6 Å². The molecule has 0 saturated carbocycles. The van der Waals surface area contributed by atoms with Crippen molar-refractivity contribution < 1.29 is 38.5 Å². The minimum absolute atomic E-state index is 0.0706. The molecule has 2 aromatic carbocycles. The monoisotopic (exact) mass is 710 g/mol. The largest absolute Gasteiger partial charge is 0.445 e. The summed E-state index contributed by atoms with van der Waals surface area (Å²) in [6.45, 7) is 7.21. The smallest absolute Gasteiger partial charge is 0.407 e. The lowest BCUT2D eigenvalue weighted by Crippen LogP contribution is -2.50. The number of nitrogens with zero attached hydrogens (tertiary/aromatic N) is 2. The normalized spacial score (nSPS) is 13.8. The number of nitrogens with two attached hydrogens (primary N) is 2. The molecule has 6 N–H and O–H groups in total. The number of hydrogen-bond acceptors (Lipinski definition) is 10. The van der Waals surface area contributed by atoms with Crippen molar-refractivity contribution >= 4 is 29.7 Å². The van der Waals surface area contributed by atoms with E-state index >= 15 is 0 Å². The quantitative estimate of drug-likeness (QED) is 0.0610. The molecule has 0 bridgehead atoms. The third-order valence-corrected chi connectivity index (χ3v) is 8.00. The second-order valence-electron chi connectivity index (χ2n) is 13.5. The molecule has 5 amide bonds. The summed E-state index contributed by atoms with van der Waals surface area (Å²) < 4.78 is 5.26. The van der Waals surface area contributed by atoms with Gasteiger partial charge in [-0.2, -0.15) is 0 Å². The standard InChI is InChI=1S/C37H54N6O8/c1-37(2,3)51-50-26-28(39)18-19-32(44)41-31(17-9-10-21-40-36(48)49-25-27-13-5-4-6-14-27)35(47)42(22-11-20-38)23-12-24-43-33(45)29-15-7-8-16-30(29)34(43)46/h4-8,13-16,28,31H,9-12,17-26,38-39H2,1-3H3,(H,40,48)(H,41,44)/t28?,31-/m0/s1. The van der Waals surface area contributed by atoms with Crippen molar-refractivity contribution in [2.24, 2.45) is 11.5 Å². The Hall–Kier alpha value is -4.37. The van der Waals surface area contributed by atoms with E-state index in [1.807, 2.05) is 51.1 Å². The zero-order valence-corrected chi connectivity index (χ0v) is 30.1. The van der Waals surface area contributed by atoms with Crippen LogP contribution in [-0.2, 0) is 30.7 Å². The zero-order chi connectivity index (χ0) is 37.2. The second-order valence-corrected chi connectivity index (χ2v) is 13.5. The number of ether oxygens (including phenoxy) is 1. The van der Waals surface area contributed by atoms with E-state index in [1.165, 1.54) is 4.90 Å². The van der Waals surface area contributed by atoms with Crippen LogP contribution in [0.2, 0.25) is 0 Å². The number of benzene rings is 2. The highest BCUT2D eigenvalue weighted by Crippen LogP contribution is 2.22. The van der Waals surface area contributed by atoms with Crippen molar-refractivity contribution in [2.45, 2.75) is 90.0 Å². The van der Waals surface area contributed by atoms with Crippen molar-refractivity contribution in [3.8, 4) is 0 Å². The Kier molecular flexibility index (Phi) is 17.0. The molecule has 51 heavy (non-hydrogen) atoms. The summed E-state index contributed by atoms with van der Waals surface area (Å²) in [5.74, 6) is -1.34.